The molecule has 0 bridgehead atoms. The van der Waals surface area contributed by atoms with Crippen LogP contribution in [0.15, 0.2) is 30.9 Å². The first-order valence-corrected chi connectivity index (χ1v) is 8.57. The number of aryl methyl sites for hydroxylation is 1. The Hall–Kier alpha value is -2.48. The molecule has 1 aliphatic heterocycles. The molecule has 0 N–H and O–H groups in total. The highest BCUT2D eigenvalue weighted by Crippen LogP contribution is 2.09. The molecular formula is C17H25N7O. The summed E-state index contributed by atoms with van der Waals surface area (Å²) >= 11 is 0. The minimum atomic E-state index is 0.160. The molecular weight excluding hydrogens is 318 g/mol. The third kappa shape index (κ3) is 4.76. The zero-order chi connectivity index (χ0) is 17.6. The first-order chi connectivity index (χ1) is 12.1. The van der Waals surface area contributed by atoms with Gasteiger partial charge < -0.3 is 9.80 Å². The molecule has 25 heavy (non-hydrogen) atoms. The number of rotatable bonds is 6. The van der Waals surface area contributed by atoms with Gasteiger partial charge in [0.1, 0.15) is 0 Å². The number of amides is 1. The molecule has 8 heteroatoms. The monoisotopic (exact) mass is 343 g/mol. The van der Waals surface area contributed by atoms with Crippen LogP contribution in [0.1, 0.15) is 5.56 Å². The predicted molar refractivity (Wildman–Crippen MR) is 95.2 cm³/mol. The smallest absolute Gasteiger partial charge is 0.236 e. The third-order valence-electron chi connectivity index (χ3n) is 4.49. The van der Waals surface area contributed by atoms with E-state index in [9.17, 15) is 4.79 Å². The topological polar surface area (TPSA) is 70.4 Å². The van der Waals surface area contributed by atoms with Gasteiger partial charge in [-0.05, 0) is 18.1 Å². The second-order valence-corrected chi connectivity index (χ2v) is 6.40. The maximum Gasteiger partial charge on any atom is 0.236 e. The highest BCUT2D eigenvalue weighted by Gasteiger charge is 2.21. The number of hydrogen-bond donors (Lipinski definition) is 0. The molecule has 0 saturated carbocycles. The molecule has 8 nitrogen and oxygen atoms in total. The van der Waals surface area contributed by atoms with Crippen LogP contribution in [0.3, 0.4) is 0 Å². The van der Waals surface area contributed by atoms with E-state index in [-0.39, 0.29) is 5.91 Å². The average Bonchev–Trinajstić information content (AvgIpc) is 3.06. The lowest BCUT2D eigenvalue weighted by atomic mass is 10.2. The number of anilines is 1. The van der Waals surface area contributed by atoms with Crippen LogP contribution in [-0.4, -0.2) is 81.8 Å². The summed E-state index contributed by atoms with van der Waals surface area (Å²) in [6, 6.07) is 1.82. The maximum absolute atomic E-state index is 12.4. The van der Waals surface area contributed by atoms with Gasteiger partial charge in [0.2, 0.25) is 11.9 Å². The largest absolute Gasteiger partial charge is 0.344 e. The van der Waals surface area contributed by atoms with Crippen LogP contribution in [0, 0.1) is 0 Å². The standard InChI is InChI=1S/C17H25N7O/c1-21(7-4-15-12-20-22(2)13-15)16(25)14-23-8-10-24(11-9-23)17-18-5-3-6-19-17/h3,5-6,12-13H,4,7-11,14H2,1-2H3. The van der Waals surface area contributed by atoms with Crippen LogP contribution in [0.2, 0.25) is 0 Å². The molecule has 1 saturated heterocycles. The van der Waals surface area contributed by atoms with E-state index in [1.165, 1.54) is 0 Å². The lowest BCUT2D eigenvalue weighted by molar-refractivity contribution is -0.131. The molecule has 0 radical (unpaired) electrons. The van der Waals surface area contributed by atoms with Crippen molar-refractivity contribution in [3.8, 4) is 0 Å². The Kier molecular flexibility index (Phi) is 5.60. The lowest BCUT2D eigenvalue weighted by Crippen LogP contribution is -2.50. The van der Waals surface area contributed by atoms with Gasteiger partial charge in [0.15, 0.2) is 0 Å². The number of carbonyl (C=O) groups is 1. The average molecular weight is 343 g/mol. The maximum atomic E-state index is 12.4. The molecule has 0 unspecified atom stereocenters. The Morgan fingerprint density at radius 1 is 1.20 bits per heavy atom. The van der Waals surface area contributed by atoms with Crippen molar-refractivity contribution in [3.63, 3.8) is 0 Å². The van der Waals surface area contributed by atoms with Crippen LogP contribution in [0.25, 0.3) is 0 Å². The second-order valence-electron chi connectivity index (χ2n) is 6.40. The second kappa shape index (κ2) is 8.06. The summed E-state index contributed by atoms with van der Waals surface area (Å²) in [5.41, 5.74) is 1.15. The number of carbonyl (C=O) groups excluding carboxylic acids is 1. The van der Waals surface area contributed by atoms with E-state index in [1.807, 2.05) is 32.6 Å². The number of piperazine rings is 1. The third-order valence-corrected chi connectivity index (χ3v) is 4.49. The van der Waals surface area contributed by atoms with Gasteiger partial charge in [-0.15, -0.1) is 0 Å². The van der Waals surface area contributed by atoms with Gasteiger partial charge in [-0.3, -0.25) is 14.4 Å². The van der Waals surface area contributed by atoms with E-state index in [0.717, 1.165) is 44.1 Å². The van der Waals surface area contributed by atoms with Crippen molar-refractivity contribution in [1.82, 2.24) is 29.5 Å². The summed E-state index contributed by atoms with van der Waals surface area (Å²) in [6.07, 6.45) is 8.19. The Morgan fingerprint density at radius 2 is 1.92 bits per heavy atom. The van der Waals surface area contributed by atoms with E-state index in [2.05, 4.69) is 24.9 Å². The molecule has 2 aromatic rings. The Balaban J connectivity index is 1.41. The summed E-state index contributed by atoms with van der Waals surface area (Å²) in [6.45, 7) is 4.56. The first kappa shape index (κ1) is 17.3. The lowest BCUT2D eigenvalue weighted by Gasteiger charge is -2.34. The molecule has 3 heterocycles. The van der Waals surface area contributed by atoms with Crippen molar-refractivity contribution >= 4 is 11.9 Å². The number of likely N-dealkylation sites (N-methyl/N-ethyl adjacent to an activating group) is 1. The molecule has 0 atom stereocenters. The first-order valence-electron chi connectivity index (χ1n) is 8.57. The fraction of sp³-hybridized carbons (Fsp3) is 0.529. The summed E-state index contributed by atoms with van der Waals surface area (Å²) in [7, 11) is 3.77. The summed E-state index contributed by atoms with van der Waals surface area (Å²) in [5.74, 6) is 0.926. The van der Waals surface area contributed by atoms with Gasteiger partial charge in [-0.25, -0.2) is 9.97 Å². The summed E-state index contributed by atoms with van der Waals surface area (Å²) < 4.78 is 1.78. The normalized spacial score (nSPS) is 15.4. The van der Waals surface area contributed by atoms with Crippen molar-refractivity contribution in [2.75, 3.05) is 51.2 Å². The Morgan fingerprint density at radius 3 is 2.56 bits per heavy atom. The van der Waals surface area contributed by atoms with Crippen LogP contribution in [0.4, 0.5) is 5.95 Å². The molecule has 0 spiro atoms. The van der Waals surface area contributed by atoms with Crippen LogP contribution in [0.5, 0.6) is 0 Å². The molecule has 0 aromatic carbocycles. The van der Waals surface area contributed by atoms with Crippen LogP contribution >= 0.6 is 0 Å². The van der Waals surface area contributed by atoms with Crippen molar-refractivity contribution in [3.05, 3.63) is 36.4 Å². The molecule has 134 valence electrons. The van der Waals surface area contributed by atoms with Crippen LogP contribution < -0.4 is 4.90 Å². The quantitative estimate of drug-likeness (QED) is 0.737. The fourth-order valence-electron chi connectivity index (χ4n) is 2.89. The zero-order valence-electron chi connectivity index (χ0n) is 14.9. The number of nitrogens with zero attached hydrogens (tertiary/aromatic N) is 7. The molecule has 0 aliphatic carbocycles. The Bertz CT molecular complexity index is 679. The molecule has 1 aliphatic rings. The van der Waals surface area contributed by atoms with Crippen molar-refractivity contribution in [2.45, 2.75) is 6.42 Å². The van der Waals surface area contributed by atoms with Gasteiger partial charge in [0.05, 0.1) is 12.7 Å². The van der Waals surface area contributed by atoms with Gasteiger partial charge in [-0.2, -0.15) is 5.10 Å². The SMILES string of the molecule is CN(CCc1cnn(C)c1)C(=O)CN1CCN(c2ncccn2)CC1. The molecule has 1 amide bonds. The number of hydrogen-bond acceptors (Lipinski definition) is 6. The fourth-order valence-corrected chi connectivity index (χ4v) is 2.89. The summed E-state index contributed by atoms with van der Waals surface area (Å²) in [4.78, 5) is 27.1. The van der Waals surface area contributed by atoms with E-state index in [0.29, 0.717) is 13.1 Å². The Labute approximate surface area is 148 Å². The van der Waals surface area contributed by atoms with E-state index >= 15 is 0 Å². The highest BCUT2D eigenvalue weighted by molar-refractivity contribution is 5.78. The number of aromatic nitrogens is 4. The van der Waals surface area contributed by atoms with Gasteiger partial charge >= 0.3 is 0 Å². The minimum Gasteiger partial charge on any atom is -0.344 e. The molecule has 3 rings (SSSR count). The van der Waals surface area contributed by atoms with E-state index in [1.54, 1.807) is 22.0 Å². The minimum absolute atomic E-state index is 0.160. The predicted octanol–water partition coefficient (Wildman–Crippen LogP) is 0.0332. The van der Waals surface area contributed by atoms with Gasteiger partial charge in [-0.1, -0.05) is 0 Å². The van der Waals surface area contributed by atoms with Crippen molar-refractivity contribution in [1.29, 1.82) is 0 Å². The molecule has 2 aromatic heterocycles. The van der Waals surface area contributed by atoms with Gasteiger partial charge in [0.25, 0.3) is 0 Å². The van der Waals surface area contributed by atoms with Gasteiger partial charge in [0, 0.05) is 65.4 Å². The molecule has 1 fully saturated rings. The van der Waals surface area contributed by atoms with Crippen molar-refractivity contribution < 1.29 is 4.79 Å². The van der Waals surface area contributed by atoms with Crippen molar-refractivity contribution in [2.24, 2.45) is 7.05 Å². The summed E-state index contributed by atoms with van der Waals surface area (Å²) in [5, 5.41) is 4.16. The highest BCUT2D eigenvalue weighted by atomic mass is 16.2. The van der Waals surface area contributed by atoms with E-state index in [4.69, 9.17) is 0 Å². The zero-order valence-corrected chi connectivity index (χ0v) is 14.9. The van der Waals surface area contributed by atoms with Crippen LogP contribution in [-0.2, 0) is 18.3 Å². The van der Waals surface area contributed by atoms with E-state index < -0.39 is 0 Å².